The zero-order valence-corrected chi connectivity index (χ0v) is 10.2. The molecule has 1 heterocycles. The van der Waals surface area contributed by atoms with Gasteiger partial charge in [0.1, 0.15) is 5.69 Å². The number of carboxylic acid groups (broad SMARTS) is 1. The number of aromatic nitrogens is 2. The molecule has 0 aliphatic carbocycles. The molecular formula is C12H8F3N3O3. The van der Waals surface area contributed by atoms with Crippen LogP contribution in [0.15, 0.2) is 30.3 Å². The molecule has 1 amide bonds. The van der Waals surface area contributed by atoms with E-state index in [0.717, 1.165) is 30.3 Å². The van der Waals surface area contributed by atoms with Gasteiger partial charge in [-0.3, -0.25) is 9.89 Å². The molecule has 0 spiro atoms. The number of anilines is 1. The highest BCUT2D eigenvalue weighted by molar-refractivity contribution is 6.04. The quantitative estimate of drug-likeness (QED) is 0.811. The maximum absolute atomic E-state index is 12.4. The van der Waals surface area contributed by atoms with Gasteiger partial charge in [-0.15, -0.1) is 0 Å². The molecule has 2 aromatic rings. The van der Waals surface area contributed by atoms with E-state index in [1.807, 2.05) is 0 Å². The number of nitrogens with zero attached hydrogens (tertiary/aromatic N) is 1. The average molecular weight is 299 g/mol. The van der Waals surface area contributed by atoms with Gasteiger partial charge in [0.2, 0.25) is 0 Å². The molecule has 0 aliphatic rings. The van der Waals surface area contributed by atoms with Crippen LogP contribution in [-0.4, -0.2) is 27.2 Å². The lowest BCUT2D eigenvalue weighted by Crippen LogP contribution is -2.13. The van der Waals surface area contributed by atoms with Gasteiger partial charge in [-0.05, 0) is 24.3 Å². The van der Waals surface area contributed by atoms with Crippen LogP contribution in [0.3, 0.4) is 0 Å². The number of carbonyl (C=O) groups excluding carboxylic acids is 1. The Kier molecular flexibility index (Phi) is 3.66. The summed E-state index contributed by atoms with van der Waals surface area (Å²) >= 11 is 0. The first-order chi connectivity index (χ1) is 9.77. The molecule has 0 bridgehead atoms. The summed E-state index contributed by atoms with van der Waals surface area (Å²) in [5.74, 6) is -2.00. The number of alkyl halides is 3. The van der Waals surface area contributed by atoms with E-state index in [-0.39, 0.29) is 17.1 Å². The number of aromatic amines is 1. The molecule has 9 heteroatoms. The van der Waals surface area contributed by atoms with E-state index in [2.05, 4.69) is 15.5 Å². The predicted octanol–water partition coefficient (Wildman–Crippen LogP) is 2.38. The van der Waals surface area contributed by atoms with Crippen molar-refractivity contribution in [3.05, 3.63) is 47.2 Å². The number of hydrogen-bond acceptors (Lipinski definition) is 3. The summed E-state index contributed by atoms with van der Waals surface area (Å²) in [7, 11) is 0. The molecule has 2 rings (SSSR count). The Morgan fingerprint density at radius 3 is 2.29 bits per heavy atom. The predicted molar refractivity (Wildman–Crippen MR) is 64.9 cm³/mol. The Morgan fingerprint density at radius 2 is 1.81 bits per heavy atom. The standard InChI is InChI=1S/C12H8F3N3O3/c13-12(14,15)7-3-1-6(2-4-7)10(19)16-9-5-8(11(20)21)17-18-9/h1-5H,(H,20,21)(H2,16,17,18,19). The van der Waals surface area contributed by atoms with Crippen molar-refractivity contribution in [2.75, 3.05) is 5.32 Å². The van der Waals surface area contributed by atoms with Crippen molar-refractivity contribution < 1.29 is 27.9 Å². The summed E-state index contributed by atoms with van der Waals surface area (Å²) in [6.07, 6.45) is -4.48. The molecule has 1 aromatic heterocycles. The highest BCUT2D eigenvalue weighted by Crippen LogP contribution is 2.29. The van der Waals surface area contributed by atoms with E-state index in [9.17, 15) is 22.8 Å². The van der Waals surface area contributed by atoms with Crippen LogP contribution in [0.25, 0.3) is 0 Å². The van der Waals surface area contributed by atoms with Gasteiger partial charge < -0.3 is 10.4 Å². The van der Waals surface area contributed by atoms with Crippen molar-refractivity contribution in [2.24, 2.45) is 0 Å². The fourth-order valence-corrected chi connectivity index (χ4v) is 1.49. The molecule has 3 N–H and O–H groups in total. The minimum atomic E-state index is -4.48. The first kappa shape index (κ1) is 14.6. The smallest absolute Gasteiger partial charge is 0.416 e. The molecule has 0 atom stereocenters. The fourth-order valence-electron chi connectivity index (χ4n) is 1.49. The van der Waals surface area contributed by atoms with Crippen molar-refractivity contribution >= 4 is 17.7 Å². The Bertz CT molecular complexity index is 677. The van der Waals surface area contributed by atoms with E-state index in [4.69, 9.17) is 5.11 Å². The third-order valence-electron chi connectivity index (χ3n) is 2.52. The lowest BCUT2D eigenvalue weighted by atomic mass is 10.1. The number of aromatic carboxylic acids is 1. The van der Waals surface area contributed by atoms with Gasteiger partial charge in [0.25, 0.3) is 5.91 Å². The molecule has 0 fully saturated rings. The molecule has 0 unspecified atom stereocenters. The topological polar surface area (TPSA) is 95.1 Å². The molecule has 1 aromatic carbocycles. The van der Waals surface area contributed by atoms with E-state index in [1.165, 1.54) is 0 Å². The zero-order chi connectivity index (χ0) is 15.6. The number of carbonyl (C=O) groups is 2. The van der Waals surface area contributed by atoms with E-state index >= 15 is 0 Å². The second-order valence-corrected chi connectivity index (χ2v) is 4.00. The summed E-state index contributed by atoms with van der Waals surface area (Å²) in [6.45, 7) is 0. The Balaban J connectivity index is 2.11. The summed E-state index contributed by atoms with van der Waals surface area (Å²) < 4.78 is 37.1. The number of benzene rings is 1. The Hall–Kier alpha value is -2.84. The second-order valence-electron chi connectivity index (χ2n) is 4.00. The van der Waals surface area contributed by atoms with Gasteiger partial charge in [-0.2, -0.15) is 18.3 Å². The summed E-state index contributed by atoms with van der Waals surface area (Å²) in [6, 6.07) is 4.68. The number of H-pyrrole nitrogens is 1. The van der Waals surface area contributed by atoms with E-state index in [0.29, 0.717) is 0 Å². The number of halogens is 3. The first-order valence-electron chi connectivity index (χ1n) is 5.54. The van der Waals surface area contributed by atoms with Crippen LogP contribution in [0.2, 0.25) is 0 Å². The lowest BCUT2D eigenvalue weighted by Gasteiger charge is -2.07. The van der Waals surface area contributed by atoms with Crippen molar-refractivity contribution in [3.63, 3.8) is 0 Å². The number of hydrogen-bond donors (Lipinski definition) is 3. The number of rotatable bonds is 3. The zero-order valence-electron chi connectivity index (χ0n) is 10.2. The average Bonchev–Trinajstić information content (AvgIpc) is 2.86. The van der Waals surface area contributed by atoms with E-state index in [1.54, 1.807) is 0 Å². The van der Waals surface area contributed by atoms with Gasteiger partial charge in [0.15, 0.2) is 5.82 Å². The van der Waals surface area contributed by atoms with Crippen LogP contribution in [0.1, 0.15) is 26.4 Å². The highest BCUT2D eigenvalue weighted by atomic mass is 19.4. The summed E-state index contributed by atoms with van der Waals surface area (Å²) in [5, 5.41) is 16.7. The largest absolute Gasteiger partial charge is 0.477 e. The molecule has 0 saturated heterocycles. The molecule has 0 radical (unpaired) electrons. The summed E-state index contributed by atoms with van der Waals surface area (Å²) in [5.41, 5.74) is -1.10. The SMILES string of the molecule is O=C(Nc1cc(C(=O)O)[nH]n1)c1ccc(C(F)(F)F)cc1. The minimum Gasteiger partial charge on any atom is -0.477 e. The van der Waals surface area contributed by atoms with Crippen molar-refractivity contribution in [3.8, 4) is 0 Å². The Labute approximate surface area is 115 Å². The van der Waals surface area contributed by atoms with Crippen molar-refractivity contribution in [1.82, 2.24) is 10.2 Å². The molecule has 0 aliphatic heterocycles. The normalized spacial score (nSPS) is 11.2. The molecule has 110 valence electrons. The van der Waals surface area contributed by atoms with Gasteiger partial charge in [0, 0.05) is 11.6 Å². The van der Waals surface area contributed by atoms with Gasteiger partial charge in [0.05, 0.1) is 5.56 Å². The third-order valence-corrected chi connectivity index (χ3v) is 2.52. The van der Waals surface area contributed by atoms with Crippen molar-refractivity contribution in [2.45, 2.75) is 6.18 Å². The van der Waals surface area contributed by atoms with Crippen LogP contribution < -0.4 is 5.32 Å². The second kappa shape index (κ2) is 5.27. The molecule has 6 nitrogen and oxygen atoms in total. The van der Waals surface area contributed by atoms with Gasteiger partial charge >= 0.3 is 12.1 Å². The minimum absolute atomic E-state index is 0.0112. The number of nitrogens with one attached hydrogen (secondary N) is 2. The highest BCUT2D eigenvalue weighted by Gasteiger charge is 2.30. The van der Waals surface area contributed by atoms with E-state index < -0.39 is 23.6 Å². The van der Waals surface area contributed by atoms with Crippen LogP contribution in [-0.2, 0) is 6.18 Å². The lowest BCUT2D eigenvalue weighted by molar-refractivity contribution is -0.137. The van der Waals surface area contributed by atoms with Crippen LogP contribution in [0.5, 0.6) is 0 Å². The molecule has 21 heavy (non-hydrogen) atoms. The van der Waals surface area contributed by atoms with Crippen LogP contribution >= 0.6 is 0 Å². The fraction of sp³-hybridized carbons (Fsp3) is 0.0833. The number of carboxylic acids is 1. The monoisotopic (exact) mass is 299 g/mol. The third kappa shape index (κ3) is 3.38. The first-order valence-corrected chi connectivity index (χ1v) is 5.54. The maximum Gasteiger partial charge on any atom is 0.416 e. The van der Waals surface area contributed by atoms with Gasteiger partial charge in [-0.1, -0.05) is 0 Å². The number of amides is 1. The molecule has 0 saturated carbocycles. The Morgan fingerprint density at radius 1 is 1.19 bits per heavy atom. The summed E-state index contributed by atoms with van der Waals surface area (Å²) in [4.78, 5) is 22.4. The van der Waals surface area contributed by atoms with Crippen LogP contribution in [0.4, 0.5) is 19.0 Å². The maximum atomic E-state index is 12.4. The molecular weight excluding hydrogens is 291 g/mol. The van der Waals surface area contributed by atoms with Gasteiger partial charge in [-0.25, -0.2) is 4.79 Å². The van der Waals surface area contributed by atoms with Crippen molar-refractivity contribution in [1.29, 1.82) is 0 Å². The van der Waals surface area contributed by atoms with Crippen LogP contribution in [0, 0.1) is 0 Å².